The minimum Gasteiger partial charge on any atom is -0.378 e. The van der Waals surface area contributed by atoms with E-state index in [4.69, 9.17) is 4.74 Å². The van der Waals surface area contributed by atoms with E-state index in [2.05, 4.69) is 34.6 Å². The maximum Gasteiger partial charge on any atom is 0.115 e. The highest BCUT2D eigenvalue weighted by molar-refractivity contribution is 5.48. The van der Waals surface area contributed by atoms with Crippen LogP contribution in [0.4, 0.5) is 0 Å². The van der Waals surface area contributed by atoms with Crippen molar-refractivity contribution in [2.45, 2.75) is 38.7 Å². The second-order valence-electron chi connectivity index (χ2n) is 4.87. The van der Waals surface area contributed by atoms with Gasteiger partial charge in [-0.05, 0) is 43.9 Å². The number of hydrogen-bond donors (Lipinski definition) is 0. The van der Waals surface area contributed by atoms with Gasteiger partial charge >= 0.3 is 0 Å². The van der Waals surface area contributed by atoms with Gasteiger partial charge in [0.05, 0.1) is 17.8 Å². The molecule has 1 fully saturated rings. The van der Waals surface area contributed by atoms with Gasteiger partial charge in [0.2, 0.25) is 0 Å². The molecule has 0 amide bonds. The summed E-state index contributed by atoms with van der Waals surface area (Å²) in [4.78, 5) is 4.51. The molecule has 1 aliphatic heterocycles. The quantitative estimate of drug-likeness (QED) is 0.793. The Kier molecular flexibility index (Phi) is 2.85. The lowest BCUT2D eigenvalue weighted by Gasteiger charge is -2.21. The normalized spacial score (nSPS) is 20.9. The molecule has 1 atom stereocenters. The molecule has 2 aromatic rings. The van der Waals surface area contributed by atoms with Crippen molar-refractivity contribution in [3.63, 3.8) is 0 Å². The van der Waals surface area contributed by atoms with Crippen LogP contribution in [0.3, 0.4) is 0 Å². The fourth-order valence-electron chi connectivity index (χ4n) is 2.49. The van der Waals surface area contributed by atoms with Gasteiger partial charge in [-0.1, -0.05) is 0 Å². The maximum atomic E-state index is 5.77. The second-order valence-corrected chi connectivity index (χ2v) is 4.87. The van der Waals surface area contributed by atoms with Crippen molar-refractivity contribution in [1.82, 2.24) is 9.38 Å². The summed E-state index contributed by atoms with van der Waals surface area (Å²) < 4.78 is 7.94. The highest BCUT2D eigenvalue weighted by Crippen LogP contribution is 2.18. The van der Waals surface area contributed by atoms with E-state index in [-0.39, 0.29) is 0 Å². The molecule has 90 valence electrons. The summed E-state index contributed by atoms with van der Waals surface area (Å²) in [5, 5.41) is 0. The molecule has 3 nitrogen and oxygen atoms in total. The van der Waals surface area contributed by atoms with Crippen molar-refractivity contribution in [3.8, 4) is 0 Å². The zero-order valence-corrected chi connectivity index (χ0v) is 10.2. The summed E-state index contributed by atoms with van der Waals surface area (Å²) in [5.41, 5.74) is 2.45. The molecule has 3 rings (SSSR count). The molecule has 1 saturated heterocycles. The molecule has 0 saturated carbocycles. The van der Waals surface area contributed by atoms with Crippen LogP contribution in [0.15, 0.2) is 24.5 Å². The van der Waals surface area contributed by atoms with Crippen molar-refractivity contribution in [3.05, 3.63) is 35.9 Å². The number of rotatable bonds is 2. The Balaban J connectivity index is 1.84. The molecule has 0 spiro atoms. The average molecular weight is 230 g/mol. The third-order valence-corrected chi connectivity index (χ3v) is 3.45. The average Bonchev–Trinajstić information content (AvgIpc) is 2.73. The molecule has 0 bridgehead atoms. The van der Waals surface area contributed by atoms with Crippen LogP contribution in [-0.4, -0.2) is 22.1 Å². The van der Waals surface area contributed by atoms with Crippen LogP contribution in [-0.2, 0) is 11.2 Å². The molecular weight excluding hydrogens is 212 g/mol. The number of hydrogen-bond acceptors (Lipinski definition) is 2. The van der Waals surface area contributed by atoms with Crippen LogP contribution >= 0.6 is 0 Å². The van der Waals surface area contributed by atoms with E-state index in [1.807, 2.05) is 6.20 Å². The Morgan fingerprint density at radius 3 is 3.24 bits per heavy atom. The molecule has 0 radical (unpaired) electrons. The number of aromatic nitrogens is 2. The van der Waals surface area contributed by atoms with Crippen molar-refractivity contribution >= 4 is 5.52 Å². The van der Waals surface area contributed by atoms with Crippen LogP contribution in [0, 0.1) is 6.92 Å². The highest BCUT2D eigenvalue weighted by Gasteiger charge is 2.16. The molecule has 0 N–H and O–H groups in total. The Bertz CT molecular complexity index is 512. The maximum absolute atomic E-state index is 5.77. The topological polar surface area (TPSA) is 26.5 Å². The third kappa shape index (κ3) is 2.20. The van der Waals surface area contributed by atoms with Crippen molar-refractivity contribution in [2.75, 3.05) is 6.61 Å². The lowest BCUT2D eigenvalue weighted by Crippen LogP contribution is -2.22. The fourth-order valence-corrected chi connectivity index (χ4v) is 2.49. The number of imidazole rings is 1. The minimum absolute atomic E-state index is 0.357. The van der Waals surface area contributed by atoms with Gasteiger partial charge in [-0.15, -0.1) is 0 Å². The van der Waals surface area contributed by atoms with Crippen molar-refractivity contribution in [2.24, 2.45) is 0 Å². The standard InChI is InChI=1S/C14H18N2O/c1-11-5-6-16-12(8-11)10-15-14(16)9-13-4-2-3-7-17-13/h5-6,8,10,13H,2-4,7,9H2,1H3. The van der Waals surface area contributed by atoms with Gasteiger partial charge in [-0.3, -0.25) is 0 Å². The van der Waals surface area contributed by atoms with E-state index >= 15 is 0 Å². The number of fused-ring (bicyclic) bond motifs is 1. The Labute approximate surface area is 101 Å². The molecule has 2 aromatic heterocycles. The molecule has 0 aromatic carbocycles. The smallest absolute Gasteiger partial charge is 0.115 e. The zero-order valence-electron chi connectivity index (χ0n) is 10.2. The van der Waals surface area contributed by atoms with Crippen LogP contribution in [0.2, 0.25) is 0 Å². The molecule has 3 heterocycles. The molecule has 1 aliphatic rings. The van der Waals surface area contributed by atoms with E-state index in [9.17, 15) is 0 Å². The van der Waals surface area contributed by atoms with Crippen LogP contribution in [0.1, 0.15) is 30.7 Å². The largest absolute Gasteiger partial charge is 0.378 e. The summed E-state index contributed by atoms with van der Waals surface area (Å²) in [6.07, 6.45) is 9.00. The summed E-state index contributed by atoms with van der Waals surface area (Å²) in [7, 11) is 0. The third-order valence-electron chi connectivity index (χ3n) is 3.45. The summed E-state index contributed by atoms with van der Waals surface area (Å²) >= 11 is 0. The minimum atomic E-state index is 0.357. The number of aryl methyl sites for hydroxylation is 1. The van der Waals surface area contributed by atoms with Crippen molar-refractivity contribution in [1.29, 1.82) is 0 Å². The van der Waals surface area contributed by atoms with Gasteiger partial charge in [-0.2, -0.15) is 0 Å². The van der Waals surface area contributed by atoms with Crippen molar-refractivity contribution < 1.29 is 4.74 Å². The lowest BCUT2D eigenvalue weighted by molar-refractivity contribution is 0.0156. The summed E-state index contributed by atoms with van der Waals surface area (Å²) in [6.45, 7) is 3.02. The molecule has 3 heteroatoms. The fraction of sp³-hybridized carbons (Fsp3) is 0.500. The van der Waals surface area contributed by atoms with Gasteiger partial charge in [0.15, 0.2) is 0 Å². The van der Waals surface area contributed by atoms with E-state index in [1.165, 1.54) is 30.3 Å². The zero-order chi connectivity index (χ0) is 11.7. The van der Waals surface area contributed by atoms with Gasteiger partial charge in [-0.25, -0.2) is 4.98 Å². The van der Waals surface area contributed by atoms with E-state index in [0.717, 1.165) is 18.9 Å². The monoisotopic (exact) mass is 230 g/mol. The van der Waals surface area contributed by atoms with Gasteiger partial charge in [0, 0.05) is 19.2 Å². The van der Waals surface area contributed by atoms with Gasteiger partial charge in [0.25, 0.3) is 0 Å². The first-order chi connectivity index (χ1) is 8.33. The second kappa shape index (κ2) is 4.49. The van der Waals surface area contributed by atoms with E-state index in [1.54, 1.807) is 0 Å². The molecule has 0 aliphatic carbocycles. The van der Waals surface area contributed by atoms with E-state index in [0.29, 0.717) is 6.10 Å². The first-order valence-electron chi connectivity index (χ1n) is 6.37. The summed E-state index contributed by atoms with van der Waals surface area (Å²) in [6, 6.07) is 4.29. The van der Waals surface area contributed by atoms with Gasteiger partial charge in [0.1, 0.15) is 5.82 Å². The molecule has 1 unspecified atom stereocenters. The van der Waals surface area contributed by atoms with Gasteiger partial charge < -0.3 is 9.14 Å². The number of nitrogens with zero attached hydrogens (tertiary/aromatic N) is 2. The predicted molar refractivity (Wildman–Crippen MR) is 67.2 cm³/mol. The number of ether oxygens (including phenoxy) is 1. The van der Waals surface area contributed by atoms with E-state index < -0.39 is 0 Å². The van der Waals surface area contributed by atoms with Crippen LogP contribution < -0.4 is 0 Å². The lowest BCUT2D eigenvalue weighted by atomic mass is 10.1. The van der Waals surface area contributed by atoms with Crippen LogP contribution in [0.25, 0.3) is 5.52 Å². The Hall–Kier alpha value is -1.35. The highest BCUT2D eigenvalue weighted by atomic mass is 16.5. The Morgan fingerprint density at radius 1 is 1.47 bits per heavy atom. The SMILES string of the molecule is Cc1ccn2c(CC3CCCCO3)ncc2c1. The molecule has 17 heavy (non-hydrogen) atoms. The Morgan fingerprint density at radius 2 is 2.41 bits per heavy atom. The summed E-state index contributed by atoms with van der Waals surface area (Å²) in [5.74, 6) is 1.12. The number of pyridine rings is 1. The van der Waals surface area contributed by atoms with Crippen LogP contribution in [0.5, 0.6) is 0 Å². The molecular formula is C14H18N2O. The first kappa shape index (κ1) is 10.8. The predicted octanol–water partition coefficient (Wildman–Crippen LogP) is 2.75. The first-order valence-corrected chi connectivity index (χ1v) is 6.37.